The molecule has 0 saturated carbocycles. The van der Waals surface area contributed by atoms with E-state index in [1.165, 1.54) is 17.8 Å². The molecule has 1 saturated heterocycles. The average Bonchev–Trinajstić information content (AvgIpc) is 2.33. The van der Waals surface area contributed by atoms with Gasteiger partial charge in [-0.05, 0) is 11.6 Å². The second kappa shape index (κ2) is 4.46. The summed E-state index contributed by atoms with van der Waals surface area (Å²) in [5.41, 5.74) is 5.69. The fraction of sp³-hybridized carbons (Fsp3) is 0.300. The van der Waals surface area contributed by atoms with Crippen molar-refractivity contribution in [1.82, 2.24) is 4.90 Å². The topological polar surface area (TPSA) is 121 Å². The Hall–Kier alpha value is -1.80. The van der Waals surface area contributed by atoms with Crippen molar-refractivity contribution in [3.63, 3.8) is 0 Å². The van der Waals surface area contributed by atoms with Gasteiger partial charge in [0.25, 0.3) is 0 Å². The molecule has 1 fully saturated rings. The molecule has 1 unspecified atom stereocenters. The number of carbonyl (C=O) groups excluding carboxylic acids is 1. The molecule has 0 spiro atoms. The molecular formula is C10H10N2O5S. The Balaban J connectivity index is 2.38. The number of carbonyl (C=O) groups is 3. The highest BCUT2D eigenvalue weighted by Gasteiger charge is 2.51. The number of fused-ring (bicyclic) bond motifs is 1. The minimum absolute atomic E-state index is 0.178. The summed E-state index contributed by atoms with van der Waals surface area (Å²) in [7, 11) is 0. The largest absolute Gasteiger partial charge is 0.478 e. The molecule has 0 radical (unpaired) electrons. The first kappa shape index (κ1) is 12.7. The maximum absolute atomic E-state index is 11.5. The Bertz CT molecular complexity index is 498. The van der Waals surface area contributed by atoms with Crippen molar-refractivity contribution >= 4 is 29.6 Å². The lowest BCUT2D eigenvalue weighted by Crippen LogP contribution is -2.68. The second-order valence-corrected chi connectivity index (χ2v) is 4.89. The van der Waals surface area contributed by atoms with E-state index in [0.29, 0.717) is 11.3 Å². The highest BCUT2D eigenvalue weighted by atomic mass is 32.2. The fourth-order valence-electron chi connectivity index (χ4n) is 1.84. The summed E-state index contributed by atoms with van der Waals surface area (Å²) in [5.74, 6) is -2.57. The number of β-lactam (4-membered cyclic amide) rings is 1. The molecule has 2 aliphatic heterocycles. The summed E-state index contributed by atoms with van der Waals surface area (Å²) < 4.78 is 0. The number of amides is 1. The van der Waals surface area contributed by atoms with Crippen LogP contribution in [-0.4, -0.2) is 50.1 Å². The van der Waals surface area contributed by atoms with E-state index in [9.17, 15) is 14.4 Å². The number of nitrogens with zero attached hydrogens (tertiary/aromatic N) is 1. The summed E-state index contributed by atoms with van der Waals surface area (Å²) in [6.45, 7) is 0. The molecule has 4 N–H and O–H groups in total. The van der Waals surface area contributed by atoms with Crippen molar-refractivity contribution in [2.24, 2.45) is 5.73 Å². The zero-order chi connectivity index (χ0) is 13.4. The van der Waals surface area contributed by atoms with Crippen LogP contribution in [0.2, 0.25) is 0 Å². The van der Waals surface area contributed by atoms with Crippen LogP contribution < -0.4 is 5.73 Å². The monoisotopic (exact) mass is 270 g/mol. The van der Waals surface area contributed by atoms with E-state index in [1.807, 2.05) is 0 Å². The van der Waals surface area contributed by atoms with Crippen molar-refractivity contribution in [2.45, 2.75) is 11.4 Å². The number of thioether (sulfide) groups is 1. The van der Waals surface area contributed by atoms with Gasteiger partial charge >= 0.3 is 11.9 Å². The maximum atomic E-state index is 11.5. The van der Waals surface area contributed by atoms with Gasteiger partial charge in [0.05, 0.1) is 0 Å². The molecule has 8 heteroatoms. The molecule has 0 bridgehead atoms. The number of carboxylic acids is 2. The Kier molecular flexibility index (Phi) is 3.14. The summed E-state index contributed by atoms with van der Waals surface area (Å²) in [5, 5.41) is 17.3. The highest BCUT2D eigenvalue weighted by Crippen LogP contribution is 2.39. The van der Waals surface area contributed by atoms with Gasteiger partial charge in [-0.3, -0.25) is 9.69 Å². The van der Waals surface area contributed by atoms with Gasteiger partial charge < -0.3 is 15.9 Å². The van der Waals surface area contributed by atoms with Crippen molar-refractivity contribution in [2.75, 3.05) is 5.75 Å². The number of aliphatic carboxylic acids is 2. The van der Waals surface area contributed by atoms with E-state index in [1.54, 1.807) is 0 Å². The minimum atomic E-state index is -1.26. The van der Waals surface area contributed by atoms with Crippen LogP contribution in [0, 0.1) is 0 Å². The molecule has 7 nitrogen and oxygen atoms in total. The van der Waals surface area contributed by atoms with Crippen LogP contribution in [-0.2, 0) is 14.4 Å². The first-order chi connectivity index (χ1) is 8.43. The molecule has 0 aromatic carbocycles. The molecule has 96 valence electrons. The Morgan fingerprint density at radius 1 is 1.44 bits per heavy atom. The lowest BCUT2D eigenvalue weighted by molar-refractivity contribution is -0.147. The van der Waals surface area contributed by atoms with E-state index in [2.05, 4.69) is 0 Å². The van der Waals surface area contributed by atoms with Gasteiger partial charge in [-0.1, -0.05) is 0 Å². The van der Waals surface area contributed by atoms with Crippen LogP contribution in [0.1, 0.15) is 0 Å². The molecule has 0 aliphatic carbocycles. The van der Waals surface area contributed by atoms with Crippen molar-refractivity contribution in [1.29, 1.82) is 0 Å². The molecule has 0 aromatic heterocycles. The summed E-state index contributed by atoms with van der Waals surface area (Å²) >= 11 is 1.32. The van der Waals surface area contributed by atoms with Crippen LogP contribution >= 0.6 is 11.8 Å². The van der Waals surface area contributed by atoms with Gasteiger partial charge in [-0.25, -0.2) is 9.59 Å². The highest BCUT2D eigenvalue weighted by molar-refractivity contribution is 8.00. The number of allylic oxidation sites excluding steroid dienone is 1. The molecule has 2 heterocycles. The number of carboxylic acid groups (broad SMARTS) is 2. The normalized spacial score (nSPS) is 27.2. The van der Waals surface area contributed by atoms with E-state index < -0.39 is 23.9 Å². The fourth-order valence-corrected chi connectivity index (χ4v) is 3.11. The Labute approximate surface area is 106 Å². The van der Waals surface area contributed by atoms with Crippen LogP contribution in [0.15, 0.2) is 23.4 Å². The minimum Gasteiger partial charge on any atom is -0.478 e. The second-order valence-electron chi connectivity index (χ2n) is 3.79. The standard InChI is InChI=1S/C10H10N2O5S/c11-6-8(15)12-7(10(16)17)4(1-2-5(13)14)3-18-9(6)12/h1-2,6,9H,3,11H2,(H,13,14)(H,16,17)/t6?,9-/m1/s1. The van der Waals surface area contributed by atoms with Crippen molar-refractivity contribution < 1.29 is 24.6 Å². The predicted molar refractivity (Wildman–Crippen MR) is 62.5 cm³/mol. The first-order valence-electron chi connectivity index (χ1n) is 5.01. The number of hydrogen-bond acceptors (Lipinski definition) is 5. The van der Waals surface area contributed by atoms with Crippen molar-refractivity contribution in [3.8, 4) is 0 Å². The zero-order valence-electron chi connectivity index (χ0n) is 9.07. The summed E-state index contributed by atoms with van der Waals surface area (Å²) in [6, 6.07) is -0.686. The van der Waals surface area contributed by atoms with Gasteiger partial charge in [-0.2, -0.15) is 0 Å². The average molecular weight is 270 g/mol. The van der Waals surface area contributed by atoms with E-state index >= 15 is 0 Å². The van der Waals surface area contributed by atoms with Crippen LogP contribution in [0.25, 0.3) is 0 Å². The molecule has 0 aromatic rings. The van der Waals surface area contributed by atoms with Gasteiger partial charge in [0.2, 0.25) is 5.91 Å². The van der Waals surface area contributed by atoms with Gasteiger partial charge in [0, 0.05) is 11.8 Å². The molecule has 2 aliphatic rings. The Morgan fingerprint density at radius 3 is 2.67 bits per heavy atom. The third-order valence-electron chi connectivity index (χ3n) is 2.67. The number of nitrogens with two attached hydrogens (primary N) is 1. The smallest absolute Gasteiger partial charge is 0.352 e. The first-order valence-corrected chi connectivity index (χ1v) is 6.06. The van der Waals surface area contributed by atoms with Crippen LogP contribution in [0.3, 0.4) is 0 Å². The zero-order valence-corrected chi connectivity index (χ0v) is 9.88. The summed E-state index contributed by atoms with van der Waals surface area (Å²) in [4.78, 5) is 34.3. The molecule has 1 amide bonds. The van der Waals surface area contributed by atoms with Gasteiger partial charge in [0.15, 0.2) is 0 Å². The molecule has 2 atom stereocenters. The molecule has 2 rings (SSSR count). The van der Waals surface area contributed by atoms with E-state index in [0.717, 1.165) is 11.0 Å². The van der Waals surface area contributed by atoms with Crippen LogP contribution in [0.5, 0.6) is 0 Å². The SMILES string of the molecule is NC1C(=O)N2C(C(=O)O)=C(C=CC(=O)O)CS[C@H]12. The lowest BCUT2D eigenvalue weighted by atomic mass is 10.0. The van der Waals surface area contributed by atoms with E-state index in [-0.39, 0.29) is 11.1 Å². The van der Waals surface area contributed by atoms with Crippen molar-refractivity contribution in [3.05, 3.63) is 23.4 Å². The third-order valence-corrected chi connectivity index (χ3v) is 3.99. The molecular weight excluding hydrogens is 260 g/mol. The van der Waals surface area contributed by atoms with Gasteiger partial charge in [0.1, 0.15) is 17.1 Å². The predicted octanol–water partition coefficient (Wildman–Crippen LogP) is -0.792. The van der Waals surface area contributed by atoms with E-state index in [4.69, 9.17) is 15.9 Å². The number of hydrogen-bond donors (Lipinski definition) is 3. The van der Waals surface area contributed by atoms with Crippen LogP contribution in [0.4, 0.5) is 0 Å². The Morgan fingerprint density at radius 2 is 2.11 bits per heavy atom. The lowest BCUT2D eigenvalue weighted by Gasteiger charge is -2.47. The number of rotatable bonds is 3. The quantitative estimate of drug-likeness (QED) is 0.454. The maximum Gasteiger partial charge on any atom is 0.352 e. The third kappa shape index (κ3) is 1.89. The van der Waals surface area contributed by atoms with Gasteiger partial charge in [-0.15, -0.1) is 11.8 Å². The summed E-state index contributed by atoms with van der Waals surface area (Å²) in [6.07, 6.45) is 2.05. The molecule has 18 heavy (non-hydrogen) atoms.